The van der Waals surface area contributed by atoms with Gasteiger partial charge in [-0.05, 0) is 23.6 Å². The number of rotatable bonds is 9. The number of carbonyl (C=O) groups excluding carboxylic acids is 1. The molecule has 6 atom stereocenters. The third-order valence-corrected chi connectivity index (χ3v) is 5.89. The first-order chi connectivity index (χ1) is 18.9. The Kier molecular flexibility index (Phi) is 9.92. The standard InChI is InChI=1S/C20H23N5O6.C4H7NO4/c21-12(8-11-7-10-3-1-2-4-13(10)23-11)19(28)30-9-14-16(26)17(27)18(31-14)25-6-5-15(22)24-20(25)29;5-2(4(8)9)1-3(6)7/h1-7,12,14,16-18,23,26-27H,8-9,21H2,(H2,22,24,29);2H,1,5H2,(H,6,7)(H,8,9)/t12-,14-,16-,17+,18-;2-/m11/s1. The molecule has 4 rings (SSSR count). The molecule has 16 heteroatoms. The van der Waals surface area contributed by atoms with Crippen LogP contribution in [0, 0.1) is 0 Å². The van der Waals surface area contributed by atoms with Gasteiger partial charge in [-0.1, -0.05) is 18.2 Å². The number of nitrogen functional groups attached to an aromatic ring is 1. The summed E-state index contributed by atoms with van der Waals surface area (Å²) < 4.78 is 11.7. The molecule has 3 aromatic rings. The zero-order chi connectivity index (χ0) is 29.6. The number of fused-ring (bicyclic) bond motifs is 1. The van der Waals surface area contributed by atoms with E-state index < -0.39 is 66.6 Å². The Morgan fingerprint density at radius 3 is 2.40 bits per heavy atom. The molecule has 3 heterocycles. The van der Waals surface area contributed by atoms with Crippen LogP contribution in [0.2, 0.25) is 0 Å². The number of esters is 1. The Hall–Kier alpha value is -4.35. The van der Waals surface area contributed by atoms with Crippen LogP contribution in [0.25, 0.3) is 10.9 Å². The first-order valence-corrected chi connectivity index (χ1v) is 11.9. The van der Waals surface area contributed by atoms with Crippen molar-refractivity contribution in [2.45, 2.75) is 49.5 Å². The smallest absolute Gasteiger partial charge is 0.351 e. The van der Waals surface area contributed by atoms with Crippen LogP contribution in [0.15, 0.2) is 47.4 Å². The highest BCUT2D eigenvalue weighted by Crippen LogP contribution is 2.28. The number of benzene rings is 1. The maximum absolute atomic E-state index is 12.3. The summed E-state index contributed by atoms with van der Waals surface area (Å²) >= 11 is 0. The van der Waals surface area contributed by atoms with Gasteiger partial charge >= 0.3 is 23.6 Å². The molecule has 1 saturated heterocycles. The quantitative estimate of drug-likeness (QED) is 0.130. The van der Waals surface area contributed by atoms with Gasteiger partial charge in [-0.2, -0.15) is 4.98 Å². The van der Waals surface area contributed by atoms with Crippen LogP contribution in [0.4, 0.5) is 5.82 Å². The van der Waals surface area contributed by atoms with Gasteiger partial charge in [0.2, 0.25) is 0 Å². The fraction of sp³-hybridized carbons (Fsp3) is 0.375. The summed E-state index contributed by atoms with van der Waals surface area (Å²) in [6.45, 7) is -0.342. The number of aliphatic hydroxyl groups is 2. The summed E-state index contributed by atoms with van der Waals surface area (Å²) in [5.41, 5.74) is 17.2. The topological polar surface area (TPSA) is 279 Å². The molecule has 2 aromatic heterocycles. The van der Waals surface area contributed by atoms with Gasteiger partial charge in [-0.3, -0.25) is 19.0 Å². The molecule has 0 spiro atoms. The molecule has 1 aliphatic rings. The number of aromatic amines is 1. The predicted molar refractivity (Wildman–Crippen MR) is 138 cm³/mol. The van der Waals surface area contributed by atoms with Gasteiger partial charge in [-0.15, -0.1) is 0 Å². The maximum Gasteiger partial charge on any atom is 0.351 e. The summed E-state index contributed by atoms with van der Waals surface area (Å²) in [4.78, 5) is 50.7. The molecule has 0 aliphatic carbocycles. The summed E-state index contributed by atoms with van der Waals surface area (Å²) in [7, 11) is 0. The van der Waals surface area contributed by atoms with Crippen molar-refractivity contribution in [2.75, 3.05) is 12.3 Å². The molecule has 0 bridgehead atoms. The molecule has 0 radical (unpaired) electrons. The van der Waals surface area contributed by atoms with Gasteiger partial charge in [0.1, 0.15) is 42.8 Å². The van der Waals surface area contributed by atoms with Crippen molar-refractivity contribution in [3.63, 3.8) is 0 Å². The number of carboxylic acid groups (broad SMARTS) is 2. The van der Waals surface area contributed by atoms with Crippen molar-refractivity contribution in [1.82, 2.24) is 14.5 Å². The first kappa shape index (κ1) is 30.2. The van der Waals surface area contributed by atoms with Crippen LogP contribution in [-0.4, -0.2) is 89.9 Å². The Morgan fingerprint density at radius 2 is 1.80 bits per heavy atom. The van der Waals surface area contributed by atoms with E-state index in [0.717, 1.165) is 21.2 Å². The number of aliphatic carboxylic acids is 2. The Labute approximate surface area is 225 Å². The van der Waals surface area contributed by atoms with Crippen molar-refractivity contribution < 1.29 is 44.3 Å². The van der Waals surface area contributed by atoms with E-state index in [2.05, 4.69) is 9.97 Å². The lowest BCUT2D eigenvalue weighted by molar-refractivity contribution is -0.151. The summed E-state index contributed by atoms with van der Waals surface area (Å²) in [6, 6.07) is 8.73. The summed E-state index contributed by atoms with van der Waals surface area (Å²) in [5, 5.41) is 37.5. The number of nitrogens with zero attached hydrogens (tertiary/aromatic N) is 2. The first-order valence-electron chi connectivity index (χ1n) is 11.9. The number of aromatic nitrogens is 3. The van der Waals surface area contributed by atoms with Gasteiger partial charge in [0.15, 0.2) is 6.23 Å². The molecular weight excluding hydrogens is 532 g/mol. The van der Waals surface area contributed by atoms with Gasteiger partial charge in [0, 0.05) is 23.8 Å². The highest BCUT2D eigenvalue weighted by molar-refractivity contribution is 5.81. The lowest BCUT2D eigenvalue weighted by Crippen LogP contribution is -2.39. The molecular formula is C24H30N6O10. The molecule has 11 N–H and O–H groups in total. The SMILES string of the molecule is N[C@H](CC(=O)O)C(=O)O.Nc1ccn([C@@H]2O[C@H](COC(=O)[C@H](N)Cc3cc4ccccc4[nH]3)[C@@H](O)[C@@H]2O)c(=O)n1. The third kappa shape index (κ3) is 7.61. The maximum atomic E-state index is 12.3. The fourth-order valence-electron chi connectivity index (χ4n) is 3.83. The minimum absolute atomic E-state index is 0.0173. The van der Waals surface area contributed by atoms with E-state index >= 15 is 0 Å². The highest BCUT2D eigenvalue weighted by atomic mass is 16.6. The van der Waals surface area contributed by atoms with E-state index in [4.69, 9.17) is 36.9 Å². The number of hydrogen-bond acceptors (Lipinski definition) is 12. The summed E-state index contributed by atoms with van der Waals surface area (Å²) in [5.74, 6) is -3.16. The number of carboxylic acids is 2. The largest absolute Gasteiger partial charge is 0.481 e. The molecule has 216 valence electrons. The molecule has 1 aromatic carbocycles. The average Bonchev–Trinajstić information content (AvgIpc) is 3.42. The van der Waals surface area contributed by atoms with Gasteiger partial charge < -0.3 is 52.1 Å². The van der Waals surface area contributed by atoms with Crippen molar-refractivity contribution in [2.24, 2.45) is 11.5 Å². The highest BCUT2D eigenvalue weighted by Gasteiger charge is 2.44. The summed E-state index contributed by atoms with van der Waals surface area (Å²) in [6.07, 6.45) is -4.04. The number of H-pyrrole nitrogens is 1. The third-order valence-electron chi connectivity index (χ3n) is 5.89. The normalized spacial score (nSPS) is 21.7. The number of para-hydroxylation sites is 1. The molecule has 1 aliphatic heterocycles. The lowest BCUT2D eigenvalue weighted by Gasteiger charge is -2.17. The number of anilines is 1. The Morgan fingerprint density at radius 1 is 1.10 bits per heavy atom. The second-order valence-corrected chi connectivity index (χ2v) is 8.95. The van der Waals surface area contributed by atoms with E-state index in [1.165, 1.54) is 12.3 Å². The number of ether oxygens (including phenoxy) is 2. The second kappa shape index (κ2) is 13.1. The number of carbonyl (C=O) groups is 3. The minimum atomic E-state index is -1.42. The van der Waals surface area contributed by atoms with Crippen LogP contribution in [-0.2, 0) is 30.3 Å². The van der Waals surface area contributed by atoms with Crippen LogP contribution >= 0.6 is 0 Å². The number of hydrogen-bond donors (Lipinski definition) is 8. The molecule has 0 amide bonds. The minimum Gasteiger partial charge on any atom is -0.481 e. The van der Waals surface area contributed by atoms with Crippen LogP contribution in [0.5, 0.6) is 0 Å². The second-order valence-electron chi connectivity index (χ2n) is 8.95. The van der Waals surface area contributed by atoms with Crippen molar-refractivity contribution in [3.05, 3.63) is 58.8 Å². The van der Waals surface area contributed by atoms with Gasteiger partial charge in [0.05, 0.1) is 6.42 Å². The number of nitrogens with two attached hydrogens (primary N) is 3. The van der Waals surface area contributed by atoms with Gasteiger partial charge in [-0.25, -0.2) is 4.79 Å². The monoisotopic (exact) mass is 562 g/mol. The van der Waals surface area contributed by atoms with E-state index in [0.29, 0.717) is 0 Å². The number of nitrogens with one attached hydrogen (secondary N) is 1. The fourth-order valence-corrected chi connectivity index (χ4v) is 3.83. The van der Waals surface area contributed by atoms with Crippen molar-refractivity contribution in [1.29, 1.82) is 0 Å². The molecule has 40 heavy (non-hydrogen) atoms. The van der Waals surface area contributed by atoms with E-state index in [9.17, 15) is 29.4 Å². The number of aliphatic hydroxyl groups excluding tert-OH is 2. The molecule has 0 unspecified atom stereocenters. The lowest BCUT2D eigenvalue weighted by atomic mass is 10.1. The predicted octanol–water partition coefficient (Wildman–Crippen LogP) is -2.09. The van der Waals surface area contributed by atoms with E-state index in [1.807, 2.05) is 30.3 Å². The van der Waals surface area contributed by atoms with E-state index in [1.54, 1.807) is 0 Å². The van der Waals surface area contributed by atoms with Crippen LogP contribution < -0.4 is 22.9 Å². The Balaban J connectivity index is 0.000000424. The average molecular weight is 563 g/mol. The van der Waals surface area contributed by atoms with Gasteiger partial charge in [0.25, 0.3) is 0 Å². The molecule has 16 nitrogen and oxygen atoms in total. The Bertz CT molecular complexity index is 1380. The van der Waals surface area contributed by atoms with E-state index in [-0.39, 0.29) is 18.8 Å². The van der Waals surface area contributed by atoms with Crippen molar-refractivity contribution >= 4 is 34.6 Å². The van der Waals surface area contributed by atoms with Crippen LogP contribution in [0.3, 0.4) is 0 Å². The van der Waals surface area contributed by atoms with Crippen LogP contribution in [0.1, 0.15) is 18.3 Å². The molecule has 1 fully saturated rings. The molecule has 0 saturated carbocycles. The van der Waals surface area contributed by atoms with Crippen molar-refractivity contribution in [3.8, 4) is 0 Å². The zero-order valence-corrected chi connectivity index (χ0v) is 21.0. The zero-order valence-electron chi connectivity index (χ0n) is 21.0.